The lowest BCUT2D eigenvalue weighted by molar-refractivity contribution is -0.121. The Kier molecular flexibility index (Phi) is 7.60. The van der Waals surface area contributed by atoms with Gasteiger partial charge in [-0.25, -0.2) is 8.42 Å². The Hall–Kier alpha value is -3.11. The van der Waals surface area contributed by atoms with Crippen molar-refractivity contribution in [1.29, 1.82) is 0 Å². The van der Waals surface area contributed by atoms with Crippen LogP contribution in [0.15, 0.2) is 41.3 Å². The smallest absolute Gasteiger partial charge is 0.262 e. The van der Waals surface area contributed by atoms with Gasteiger partial charge in [-0.1, -0.05) is 17.7 Å². The zero-order chi connectivity index (χ0) is 24.2. The molecule has 0 radical (unpaired) electrons. The number of aryl methyl sites for hydroxylation is 2. The molecule has 3 N–H and O–H groups in total. The molecule has 33 heavy (non-hydrogen) atoms. The van der Waals surface area contributed by atoms with E-state index in [0.717, 1.165) is 18.7 Å². The Morgan fingerprint density at radius 3 is 2.42 bits per heavy atom. The lowest BCUT2D eigenvalue weighted by Gasteiger charge is -2.31. The first-order valence-electron chi connectivity index (χ1n) is 10.8. The van der Waals surface area contributed by atoms with Crippen LogP contribution in [0.1, 0.15) is 21.5 Å². The fourth-order valence-corrected chi connectivity index (χ4v) is 5.11. The second-order valence-electron chi connectivity index (χ2n) is 8.18. The van der Waals surface area contributed by atoms with Crippen molar-refractivity contribution < 1.29 is 18.0 Å². The van der Waals surface area contributed by atoms with Crippen LogP contribution in [-0.4, -0.2) is 72.0 Å². The van der Waals surface area contributed by atoms with E-state index in [4.69, 9.17) is 0 Å². The highest BCUT2D eigenvalue weighted by molar-refractivity contribution is 7.92. The van der Waals surface area contributed by atoms with E-state index in [0.29, 0.717) is 35.6 Å². The van der Waals surface area contributed by atoms with E-state index in [9.17, 15) is 18.0 Å². The Bertz CT molecular complexity index is 1140. The van der Waals surface area contributed by atoms with Crippen molar-refractivity contribution in [1.82, 2.24) is 15.5 Å². The predicted octanol–water partition coefficient (Wildman–Crippen LogP) is 1.33. The van der Waals surface area contributed by atoms with Gasteiger partial charge in [-0.05, 0) is 43.7 Å². The summed E-state index contributed by atoms with van der Waals surface area (Å²) in [5, 5.41) is 5.77. The van der Waals surface area contributed by atoms with Crippen molar-refractivity contribution in [3.8, 4) is 0 Å². The Morgan fingerprint density at radius 1 is 1.09 bits per heavy atom. The monoisotopic (exact) mass is 473 g/mol. The van der Waals surface area contributed by atoms with E-state index in [1.54, 1.807) is 37.3 Å². The van der Waals surface area contributed by atoms with Gasteiger partial charge in [0.1, 0.15) is 0 Å². The third-order valence-electron chi connectivity index (χ3n) is 5.57. The molecular formula is C23H31N5O4S. The topological polar surface area (TPSA) is 111 Å². The minimum Gasteiger partial charge on any atom is -0.367 e. The van der Waals surface area contributed by atoms with Gasteiger partial charge in [0.25, 0.3) is 15.9 Å². The van der Waals surface area contributed by atoms with Crippen molar-refractivity contribution in [2.45, 2.75) is 18.7 Å². The van der Waals surface area contributed by atoms with E-state index < -0.39 is 10.0 Å². The molecule has 9 nitrogen and oxygen atoms in total. The molecule has 178 valence electrons. The quantitative estimate of drug-likeness (QED) is 0.560. The molecule has 0 aliphatic carbocycles. The average molecular weight is 474 g/mol. The van der Waals surface area contributed by atoms with Gasteiger partial charge >= 0.3 is 0 Å². The SMILES string of the molecule is CNC(=O)CN(C)C(=O)c1ccc(N2CCNCC2)c(NS(=O)(=O)c2ccc(C)cc2C)c1. The van der Waals surface area contributed by atoms with Crippen LogP contribution in [0.25, 0.3) is 0 Å². The number of hydrogen-bond acceptors (Lipinski definition) is 6. The van der Waals surface area contributed by atoms with Gasteiger partial charge in [0.15, 0.2) is 0 Å². The minimum absolute atomic E-state index is 0.0987. The maximum Gasteiger partial charge on any atom is 0.262 e. The molecule has 1 fully saturated rings. The predicted molar refractivity (Wildman–Crippen MR) is 129 cm³/mol. The van der Waals surface area contributed by atoms with Crippen molar-refractivity contribution in [3.05, 3.63) is 53.1 Å². The number of carbonyl (C=O) groups is 2. The Morgan fingerprint density at radius 2 is 1.79 bits per heavy atom. The first-order valence-corrected chi connectivity index (χ1v) is 12.3. The van der Waals surface area contributed by atoms with E-state index in [-0.39, 0.29) is 23.3 Å². The average Bonchev–Trinajstić information content (AvgIpc) is 2.78. The lowest BCUT2D eigenvalue weighted by Crippen LogP contribution is -2.44. The fraction of sp³-hybridized carbons (Fsp3) is 0.391. The Balaban J connectivity index is 1.99. The number of nitrogens with zero attached hydrogens (tertiary/aromatic N) is 2. The van der Waals surface area contributed by atoms with E-state index in [1.807, 2.05) is 13.0 Å². The minimum atomic E-state index is -3.89. The zero-order valence-electron chi connectivity index (χ0n) is 19.4. The summed E-state index contributed by atoms with van der Waals surface area (Å²) in [6.45, 7) is 6.54. The number of likely N-dealkylation sites (N-methyl/N-ethyl adjacent to an activating group) is 2. The number of hydrogen-bond donors (Lipinski definition) is 3. The fourth-order valence-electron chi connectivity index (χ4n) is 3.82. The van der Waals surface area contributed by atoms with Crippen LogP contribution in [0.3, 0.4) is 0 Å². The number of nitrogens with one attached hydrogen (secondary N) is 3. The van der Waals surface area contributed by atoms with Crippen LogP contribution < -0.4 is 20.3 Å². The van der Waals surface area contributed by atoms with Gasteiger partial charge < -0.3 is 20.4 Å². The van der Waals surface area contributed by atoms with Crippen LogP contribution in [0.5, 0.6) is 0 Å². The standard InChI is InChI=1S/C23H31N5O4S/c1-16-5-8-21(17(2)13-16)33(31,32)26-19-14-18(23(30)27(4)15-22(29)24-3)6-7-20(19)28-11-9-25-10-12-28/h5-8,13-14,25-26H,9-12,15H2,1-4H3,(H,24,29). The molecule has 0 spiro atoms. The van der Waals surface area contributed by atoms with Crippen LogP contribution >= 0.6 is 0 Å². The summed E-state index contributed by atoms with van der Waals surface area (Å²) >= 11 is 0. The molecule has 0 unspecified atom stereocenters. The molecule has 1 aliphatic rings. The number of benzene rings is 2. The number of anilines is 2. The van der Waals surface area contributed by atoms with Crippen molar-refractivity contribution in [2.24, 2.45) is 0 Å². The molecule has 3 rings (SSSR count). The van der Waals surface area contributed by atoms with Crippen molar-refractivity contribution >= 4 is 33.2 Å². The normalized spacial score (nSPS) is 14.0. The van der Waals surface area contributed by atoms with Crippen LogP contribution in [0.2, 0.25) is 0 Å². The first-order chi connectivity index (χ1) is 15.6. The summed E-state index contributed by atoms with van der Waals surface area (Å²) in [7, 11) is -0.857. The van der Waals surface area contributed by atoms with Gasteiger partial charge in [0, 0.05) is 45.8 Å². The molecule has 2 aromatic rings. The molecule has 0 atom stereocenters. The zero-order valence-corrected chi connectivity index (χ0v) is 20.3. The lowest BCUT2D eigenvalue weighted by atomic mass is 10.1. The summed E-state index contributed by atoms with van der Waals surface area (Å²) < 4.78 is 29.3. The second kappa shape index (κ2) is 10.2. The molecule has 0 bridgehead atoms. The molecule has 0 aromatic heterocycles. The first kappa shape index (κ1) is 24.5. The molecule has 1 heterocycles. The number of sulfonamides is 1. The highest BCUT2D eigenvalue weighted by atomic mass is 32.2. The second-order valence-corrected chi connectivity index (χ2v) is 9.83. The van der Waals surface area contributed by atoms with Crippen LogP contribution in [-0.2, 0) is 14.8 Å². The summed E-state index contributed by atoms with van der Waals surface area (Å²) in [4.78, 5) is 28.1. The van der Waals surface area contributed by atoms with Gasteiger partial charge in [-0.3, -0.25) is 14.3 Å². The number of carbonyl (C=O) groups excluding carboxylic acids is 2. The van der Waals surface area contributed by atoms with E-state index in [1.165, 1.54) is 19.0 Å². The summed E-state index contributed by atoms with van der Waals surface area (Å²) in [5.41, 5.74) is 2.94. The van der Waals surface area contributed by atoms with E-state index >= 15 is 0 Å². The molecule has 1 aliphatic heterocycles. The molecular weight excluding hydrogens is 442 g/mol. The Labute approximate surface area is 195 Å². The summed E-state index contributed by atoms with van der Waals surface area (Å²) in [5.74, 6) is -0.670. The summed E-state index contributed by atoms with van der Waals surface area (Å²) in [6, 6.07) is 10.1. The number of amides is 2. The number of piperazine rings is 1. The molecule has 1 saturated heterocycles. The van der Waals surface area contributed by atoms with E-state index in [2.05, 4.69) is 20.3 Å². The third-order valence-corrected chi connectivity index (χ3v) is 7.10. The third kappa shape index (κ3) is 5.82. The highest BCUT2D eigenvalue weighted by Gasteiger charge is 2.23. The van der Waals surface area contributed by atoms with Gasteiger partial charge in [-0.2, -0.15) is 0 Å². The molecule has 2 aromatic carbocycles. The highest BCUT2D eigenvalue weighted by Crippen LogP contribution is 2.31. The number of rotatable bonds is 7. The largest absolute Gasteiger partial charge is 0.367 e. The van der Waals surface area contributed by atoms with Gasteiger partial charge in [0.05, 0.1) is 22.8 Å². The molecule has 10 heteroatoms. The maximum atomic E-state index is 13.3. The molecule has 2 amide bonds. The van der Waals surface area contributed by atoms with Gasteiger partial charge in [-0.15, -0.1) is 0 Å². The molecule has 0 saturated carbocycles. The van der Waals surface area contributed by atoms with Crippen molar-refractivity contribution in [2.75, 3.05) is 56.4 Å². The summed E-state index contributed by atoms with van der Waals surface area (Å²) in [6.07, 6.45) is 0. The van der Waals surface area contributed by atoms with Crippen molar-refractivity contribution in [3.63, 3.8) is 0 Å². The van der Waals surface area contributed by atoms with Crippen LogP contribution in [0.4, 0.5) is 11.4 Å². The van der Waals surface area contributed by atoms with Gasteiger partial charge in [0.2, 0.25) is 5.91 Å². The van der Waals surface area contributed by atoms with Crippen LogP contribution in [0, 0.1) is 13.8 Å². The maximum absolute atomic E-state index is 13.3.